The number of fused-ring (bicyclic) bond motifs is 1. The SMILES string of the molecule is CC(C)c1ccnc2ccnn12. The van der Waals surface area contributed by atoms with Crippen LogP contribution in [0.2, 0.25) is 0 Å². The van der Waals surface area contributed by atoms with E-state index < -0.39 is 0 Å². The van der Waals surface area contributed by atoms with Crippen molar-refractivity contribution in [3.63, 3.8) is 0 Å². The zero-order chi connectivity index (χ0) is 8.55. The predicted molar refractivity (Wildman–Crippen MR) is 47.1 cm³/mol. The maximum atomic E-state index is 4.19. The second kappa shape index (κ2) is 2.59. The first-order valence-corrected chi connectivity index (χ1v) is 4.07. The zero-order valence-electron chi connectivity index (χ0n) is 7.23. The van der Waals surface area contributed by atoms with E-state index in [1.807, 2.05) is 22.8 Å². The summed E-state index contributed by atoms with van der Waals surface area (Å²) in [6.07, 6.45) is 3.60. The van der Waals surface area contributed by atoms with Crippen molar-refractivity contribution in [3.05, 3.63) is 30.2 Å². The summed E-state index contributed by atoms with van der Waals surface area (Å²) in [6.45, 7) is 4.30. The topological polar surface area (TPSA) is 30.2 Å². The number of nitrogens with zero attached hydrogens (tertiary/aromatic N) is 3. The Morgan fingerprint density at radius 3 is 2.83 bits per heavy atom. The molecule has 0 saturated carbocycles. The zero-order valence-corrected chi connectivity index (χ0v) is 7.23. The maximum absolute atomic E-state index is 4.19. The summed E-state index contributed by atoms with van der Waals surface area (Å²) in [5, 5.41) is 4.19. The highest BCUT2D eigenvalue weighted by molar-refractivity contribution is 5.37. The average molecular weight is 161 g/mol. The molecule has 0 amide bonds. The summed E-state index contributed by atoms with van der Waals surface area (Å²) < 4.78 is 1.88. The summed E-state index contributed by atoms with van der Waals surface area (Å²) in [4.78, 5) is 4.18. The molecule has 0 aliphatic heterocycles. The van der Waals surface area contributed by atoms with Crippen LogP contribution in [0, 0.1) is 0 Å². The van der Waals surface area contributed by atoms with Gasteiger partial charge in [0.2, 0.25) is 0 Å². The van der Waals surface area contributed by atoms with Crippen molar-refractivity contribution in [2.45, 2.75) is 19.8 Å². The normalized spacial score (nSPS) is 11.2. The van der Waals surface area contributed by atoms with E-state index in [0.29, 0.717) is 5.92 Å². The van der Waals surface area contributed by atoms with Gasteiger partial charge in [-0.05, 0) is 12.0 Å². The molecule has 0 saturated heterocycles. The molecule has 0 radical (unpaired) electrons. The van der Waals surface area contributed by atoms with Crippen molar-refractivity contribution in [1.29, 1.82) is 0 Å². The molecule has 12 heavy (non-hydrogen) atoms. The molecule has 2 heterocycles. The second-order valence-corrected chi connectivity index (χ2v) is 3.13. The molecule has 3 heteroatoms. The van der Waals surface area contributed by atoms with Crippen molar-refractivity contribution in [2.75, 3.05) is 0 Å². The number of hydrogen-bond donors (Lipinski definition) is 0. The summed E-state index contributed by atoms with van der Waals surface area (Å²) in [6, 6.07) is 3.91. The standard InChI is InChI=1S/C9H11N3/c1-7(2)8-3-5-10-9-4-6-11-12(8)9/h3-7H,1-2H3. The van der Waals surface area contributed by atoms with E-state index in [1.165, 1.54) is 5.69 Å². The minimum absolute atomic E-state index is 0.482. The van der Waals surface area contributed by atoms with Crippen LogP contribution in [-0.4, -0.2) is 14.6 Å². The second-order valence-electron chi connectivity index (χ2n) is 3.13. The van der Waals surface area contributed by atoms with E-state index >= 15 is 0 Å². The van der Waals surface area contributed by atoms with E-state index in [1.54, 1.807) is 6.20 Å². The van der Waals surface area contributed by atoms with Gasteiger partial charge in [0.15, 0.2) is 5.65 Å². The minimum Gasteiger partial charge on any atom is -0.237 e. The Bertz CT molecular complexity index is 389. The monoisotopic (exact) mass is 161 g/mol. The van der Waals surface area contributed by atoms with Crippen molar-refractivity contribution in [2.24, 2.45) is 0 Å². The van der Waals surface area contributed by atoms with Gasteiger partial charge >= 0.3 is 0 Å². The van der Waals surface area contributed by atoms with Gasteiger partial charge in [-0.1, -0.05) is 13.8 Å². The molecular formula is C9H11N3. The molecule has 2 aromatic heterocycles. The number of rotatable bonds is 1. The summed E-state index contributed by atoms with van der Waals surface area (Å²) in [7, 11) is 0. The van der Waals surface area contributed by atoms with Crippen molar-refractivity contribution >= 4 is 5.65 Å². The van der Waals surface area contributed by atoms with E-state index in [-0.39, 0.29) is 0 Å². The number of aromatic nitrogens is 3. The smallest absolute Gasteiger partial charge is 0.155 e. The van der Waals surface area contributed by atoms with Crippen LogP contribution in [0.1, 0.15) is 25.5 Å². The largest absolute Gasteiger partial charge is 0.237 e. The fourth-order valence-electron chi connectivity index (χ4n) is 1.29. The van der Waals surface area contributed by atoms with Gasteiger partial charge in [-0.3, -0.25) is 0 Å². The molecule has 0 spiro atoms. The van der Waals surface area contributed by atoms with E-state index in [2.05, 4.69) is 23.9 Å². The molecular weight excluding hydrogens is 150 g/mol. The first-order chi connectivity index (χ1) is 5.79. The lowest BCUT2D eigenvalue weighted by Gasteiger charge is -2.06. The fourth-order valence-corrected chi connectivity index (χ4v) is 1.29. The number of hydrogen-bond acceptors (Lipinski definition) is 2. The lowest BCUT2D eigenvalue weighted by molar-refractivity contribution is 0.749. The van der Waals surface area contributed by atoms with E-state index in [9.17, 15) is 0 Å². The Morgan fingerprint density at radius 1 is 1.25 bits per heavy atom. The Kier molecular flexibility index (Phi) is 1.57. The van der Waals surface area contributed by atoms with Crippen LogP contribution >= 0.6 is 0 Å². The van der Waals surface area contributed by atoms with Crippen molar-refractivity contribution in [3.8, 4) is 0 Å². The minimum atomic E-state index is 0.482. The van der Waals surface area contributed by atoms with Crippen molar-refractivity contribution < 1.29 is 0 Å². The molecule has 2 rings (SSSR count). The lowest BCUT2D eigenvalue weighted by Crippen LogP contribution is -2.00. The van der Waals surface area contributed by atoms with Crippen LogP contribution in [0.15, 0.2) is 24.5 Å². The van der Waals surface area contributed by atoms with Crippen LogP contribution in [0.25, 0.3) is 5.65 Å². The molecule has 0 N–H and O–H groups in total. The van der Waals surface area contributed by atoms with Crippen LogP contribution in [-0.2, 0) is 0 Å². The molecule has 0 fully saturated rings. The Labute approximate surface area is 71.1 Å². The Morgan fingerprint density at radius 2 is 2.08 bits per heavy atom. The van der Waals surface area contributed by atoms with Gasteiger partial charge in [0, 0.05) is 18.0 Å². The van der Waals surface area contributed by atoms with Crippen molar-refractivity contribution in [1.82, 2.24) is 14.6 Å². The molecule has 0 atom stereocenters. The Balaban J connectivity index is 2.73. The molecule has 0 aromatic carbocycles. The van der Waals surface area contributed by atoms with E-state index in [4.69, 9.17) is 0 Å². The van der Waals surface area contributed by atoms with Crippen LogP contribution in [0.5, 0.6) is 0 Å². The predicted octanol–water partition coefficient (Wildman–Crippen LogP) is 1.85. The van der Waals surface area contributed by atoms with Crippen LogP contribution < -0.4 is 0 Å². The van der Waals surface area contributed by atoms with Gasteiger partial charge in [0.05, 0.1) is 6.20 Å². The molecule has 0 aliphatic carbocycles. The third-order valence-corrected chi connectivity index (χ3v) is 1.91. The van der Waals surface area contributed by atoms with Gasteiger partial charge in [-0.2, -0.15) is 5.10 Å². The fraction of sp³-hybridized carbons (Fsp3) is 0.333. The summed E-state index contributed by atoms with van der Waals surface area (Å²) >= 11 is 0. The molecule has 0 unspecified atom stereocenters. The Hall–Kier alpha value is -1.38. The highest BCUT2D eigenvalue weighted by atomic mass is 15.2. The lowest BCUT2D eigenvalue weighted by atomic mass is 10.1. The highest BCUT2D eigenvalue weighted by Crippen LogP contribution is 2.13. The third-order valence-electron chi connectivity index (χ3n) is 1.91. The molecule has 0 aliphatic rings. The average Bonchev–Trinajstić information content (AvgIpc) is 2.49. The first-order valence-electron chi connectivity index (χ1n) is 4.07. The maximum Gasteiger partial charge on any atom is 0.155 e. The molecule has 3 nitrogen and oxygen atoms in total. The first kappa shape index (κ1) is 7.28. The summed E-state index contributed by atoms with van der Waals surface area (Å²) in [5.41, 5.74) is 2.12. The van der Waals surface area contributed by atoms with Gasteiger partial charge in [0.25, 0.3) is 0 Å². The van der Waals surface area contributed by atoms with Crippen LogP contribution in [0.3, 0.4) is 0 Å². The third kappa shape index (κ3) is 0.978. The van der Waals surface area contributed by atoms with Gasteiger partial charge in [-0.15, -0.1) is 0 Å². The van der Waals surface area contributed by atoms with E-state index in [0.717, 1.165) is 5.65 Å². The summed E-state index contributed by atoms with van der Waals surface area (Å²) in [5.74, 6) is 0.482. The van der Waals surface area contributed by atoms with Gasteiger partial charge in [0.1, 0.15) is 0 Å². The van der Waals surface area contributed by atoms with Gasteiger partial charge in [-0.25, -0.2) is 9.50 Å². The van der Waals surface area contributed by atoms with Gasteiger partial charge < -0.3 is 0 Å². The molecule has 62 valence electrons. The quantitative estimate of drug-likeness (QED) is 0.639. The van der Waals surface area contributed by atoms with Crippen LogP contribution in [0.4, 0.5) is 0 Å². The highest BCUT2D eigenvalue weighted by Gasteiger charge is 2.04. The molecule has 0 bridgehead atoms. The molecule has 2 aromatic rings.